The molecular formula is C19H29N3O2. The van der Waals surface area contributed by atoms with E-state index >= 15 is 0 Å². The molecule has 3 amide bonds. The van der Waals surface area contributed by atoms with E-state index in [4.69, 9.17) is 0 Å². The predicted octanol–water partition coefficient (Wildman–Crippen LogP) is 3.01. The maximum absolute atomic E-state index is 12.7. The van der Waals surface area contributed by atoms with Gasteiger partial charge in [0.2, 0.25) is 5.91 Å². The van der Waals surface area contributed by atoms with Gasteiger partial charge >= 0.3 is 6.03 Å². The Balaban J connectivity index is 2.00. The van der Waals surface area contributed by atoms with Crippen LogP contribution in [0.25, 0.3) is 0 Å². The fourth-order valence-electron chi connectivity index (χ4n) is 2.98. The van der Waals surface area contributed by atoms with E-state index in [-0.39, 0.29) is 29.6 Å². The van der Waals surface area contributed by atoms with Crippen molar-refractivity contribution in [1.29, 1.82) is 0 Å². The number of hydrogen-bond acceptors (Lipinski definition) is 2. The lowest BCUT2D eigenvalue weighted by Crippen LogP contribution is -2.49. The van der Waals surface area contributed by atoms with Gasteiger partial charge in [0.15, 0.2) is 0 Å². The van der Waals surface area contributed by atoms with E-state index in [0.29, 0.717) is 19.5 Å². The van der Waals surface area contributed by atoms with Crippen LogP contribution in [0, 0.1) is 0 Å². The van der Waals surface area contributed by atoms with Crippen molar-refractivity contribution in [3.63, 3.8) is 0 Å². The molecular weight excluding hydrogens is 302 g/mol. The first-order valence-corrected chi connectivity index (χ1v) is 8.60. The second-order valence-corrected chi connectivity index (χ2v) is 7.73. The number of benzene rings is 1. The minimum Gasteiger partial charge on any atom is -0.336 e. The highest BCUT2D eigenvalue weighted by atomic mass is 16.2. The molecule has 132 valence electrons. The Bertz CT molecular complexity index is 578. The number of hydrogen-bond donors (Lipinski definition) is 1. The third-order valence-corrected chi connectivity index (χ3v) is 4.34. The number of carbonyl (C=O) groups excluding carboxylic acids is 2. The van der Waals surface area contributed by atoms with Crippen molar-refractivity contribution in [1.82, 2.24) is 15.1 Å². The van der Waals surface area contributed by atoms with Gasteiger partial charge in [-0.3, -0.25) is 4.79 Å². The number of nitrogens with zero attached hydrogens (tertiary/aromatic N) is 2. The van der Waals surface area contributed by atoms with Crippen molar-refractivity contribution in [2.45, 2.75) is 65.2 Å². The summed E-state index contributed by atoms with van der Waals surface area (Å²) in [4.78, 5) is 28.5. The average Bonchev–Trinajstić information content (AvgIpc) is 2.86. The third-order valence-electron chi connectivity index (χ3n) is 4.34. The summed E-state index contributed by atoms with van der Waals surface area (Å²) in [5, 5.41) is 3.04. The van der Waals surface area contributed by atoms with E-state index in [1.807, 2.05) is 69.9 Å². The summed E-state index contributed by atoms with van der Waals surface area (Å²) in [5.41, 5.74) is 0.887. The quantitative estimate of drug-likeness (QED) is 0.922. The number of carbonyl (C=O) groups is 2. The van der Waals surface area contributed by atoms with Crippen molar-refractivity contribution < 1.29 is 9.59 Å². The highest BCUT2D eigenvalue weighted by Gasteiger charge is 2.37. The number of likely N-dealkylation sites (tertiary alicyclic amines) is 1. The zero-order valence-electron chi connectivity index (χ0n) is 15.4. The van der Waals surface area contributed by atoms with Crippen molar-refractivity contribution in [3.8, 4) is 0 Å². The van der Waals surface area contributed by atoms with E-state index in [0.717, 1.165) is 5.56 Å². The summed E-state index contributed by atoms with van der Waals surface area (Å²) in [7, 11) is 0. The summed E-state index contributed by atoms with van der Waals surface area (Å²) < 4.78 is 0. The van der Waals surface area contributed by atoms with Crippen molar-refractivity contribution in [2.75, 3.05) is 6.54 Å². The smallest absolute Gasteiger partial charge is 0.318 e. The van der Waals surface area contributed by atoms with Crippen LogP contribution < -0.4 is 5.32 Å². The minimum atomic E-state index is -0.210. The zero-order chi connectivity index (χ0) is 17.9. The van der Waals surface area contributed by atoms with Crippen LogP contribution in [0.5, 0.6) is 0 Å². The molecule has 0 aliphatic carbocycles. The van der Waals surface area contributed by atoms with Crippen LogP contribution in [0.1, 0.15) is 46.6 Å². The van der Waals surface area contributed by atoms with Gasteiger partial charge in [0, 0.05) is 31.1 Å². The summed E-state index contributed by atoms with van der Waals surface area (Å²) in [6.45, 7) is 11.2. The molecule has 1 aliphatic heterocycles. The fraction of sp³-hybridized carbons (Fsp3) is 0.579. The molecule has 1 aromatic carbocycles. The summed E-state index contributed by atoms with van der Waals surface area (Å²) in [6.07, 6.45) is 0.375. The standard InChI is InChI=1S/C19H29N3O2/c1-14(2)21(12-15-9-7-6-8-10-15)18(24)20-16-11-17(23)22(13-16)19(3,4)5/h6-10,14,16H,11-13H2,1-5H3,(H,20,24). The zero-order valence-corrected chi connectivity index (χ0v) is 15.4. The normalized spacial score (nSPS) is 18.2. The lowest BCUT2D eigenvalue weighted by Gasteiger charge is -2.32. The first-order chi connectivity index (χ1) is 11.2. The van der Waals surface area contributed by atoms with E-state index < -0.39 is 0 Å². The summed E-state index contributed by atoms with van der Waals surface area (Å²) in [6, 6.07) is 9.80. The van der Waals surface area contributed by atoms with Crippen LogP contribution in [0.3, 0.4) is 0 Å². The molecule has 5 nitrogen and oxygen atoms in total. The SMILES string of the molecule is CC(C)N(Cc1ccccc1)C(=O)NC1CC(=O)N(C(C)(C)C)C1. The maximum atomic E-state index is 12.7. The van der Waals surface area contributed by atoms with Crippen molar-refractivity contribution in [3.05, 3.63) is 35.9 Å². The Morgan fingerprint density at radius 2 is 1.92 bits per heavy atom. The molecule has 2 rings (SSSR count). The highest BCUT2D eigenvalue weighted by Crippen LogP contribution is 2.22. The van der Waals surface area contributed by atoms with Gasteiger partial charge in [0.25, 0.3) is 0 Å². The van der Waals surface area contributed by atoms with Gasteiger partial charge in [-0.2, -0.15) is 0 Å². The molecule has 0 aromatic heterocycles. The molecule has 1 unspecified atom stereocenters. The fourth-order valence-corrected chi connectivity index (χ4v) is 2.98. The van der Waals surface area contributed by atoms with Crippen LogP contribution in [0.15, 0.2) is 30.3 Å². The molecule has 24 heavy (non-hydrogen) atoms. The first-order valence-electron chi connectivity index (χ1n) is 8.60. The van der Waals surface area contributed by atoms with Crippen LogP contribution in [-0.4, -0.2) is 45.9 Å². The largest absolute Gasteiger partial charge is 0.336 e. The van der Waals surface area contributed by atoms with Crippen LogP contribution in [0.4, 0.5) is 4.79 Å². The molecule has 1 aliphatic rings. The van der Waals surface area contributed by atoms with E-state index in [2.05, 4.69) is 5.32 Å². The van der Waals surface area contributed by atoms with Gasteiger partial charge in [0.1, 0.15) is 0 Å². The highest BCUT2D eigenvalue weighted by molar-refractivity contribution is 5.82. The molecule has 1 N–H and O–H groups in total. The number of urea groups is 1. The Labute approximate surface area is 145 Å². The van der Waals surface area contributed by atoms with E-state index in [9.17, 15) is 9.59 Å². The third kappa shape index (κ3) is 4.49. The van der Waals surface area contributed by atoms with Crippen LogP contribution >= 0.6 is 0 Å². The van der Waals surface area contributed by atoms with Crippen molar-refractivity contribution in [2.24, 2.45) is 0 Å². The monoisotopic (exact) mass is 331 g/mol. The molecule has 1 heterocycles. The summed E-state index contributed by atoms with van der Waals surface area (Å²) in [5.74, 6) is 0.104. The van der Waals surface area contributed by atoms with E-state index in [1.165, 1.54) is 0 Å². The maximum Gasteiger partial charge on any atom is 0.318 e. The predicted molar refractivity (Wildman–Crippen MR) is 95.5 cm³/mol. The minimum absolute atomic E-state index is 0.0843. The molecule has 1 saturated heterocycles. The van der Waals surface area contributed by atoms with Crippen LogP contribution in [-0.2, 0) is 11.3 Å². The Kier molecular flexibility index (Phi) is 5.52. The Hall–Kier alpha value is -2.04. The second kappa shape index (κ2) is 7.24. The molecule has 1 aromatic rings. The summed E-state index contributed by atoms with van der Waals surface area (Å²) >= 11 is 0. The van der Waals surface area contributed by atoms with E-state index in [1.54, 1.807) is 4.90 Å². The Morgan fingerprint density at radius 1 is 1.29 bits per heavy atom. The number of rotatable bonds is 4. The lowest BCUT2D eigenvalue weighted by atomic mass is 10.1. The number of nitrogens with one attached hydrogen (secondary N) is 1. The Morgan fingerprint density at radius 3 is 2.42 bits per heavy atom. The molecule has 0 radical (unpaired) electrons. The molecule has 0 bridgehead atoms. The van der Waals surface area contributed by atoms with Gasteiger partial charge in [-0.1, -0.05) is 30.3 Å². The van der Waals surface area contributed by atoms with Gasteiger partial charge in [0.05, 0.1) is 6.04 Å². The second-order valence-electron chi connectivity index (χ2n) is 7.73. The van der Waals surface area contributed by atoms with Crippen molar-refractivity contribution >= 4 is 11.9 Å². The molecule has 1 atom stereocenters. The van der Waals surface area contributed by atoms with Gasteiger partial charge in [-0.25, -0.2) is 4.79 Å². The average molecular weight is 331 g/mol. The first kappa shape index (κ1) is 18.3. The van der Waals surface area contributed by atoms with Gasteiger partial charge in [-0.05, 0) is 40.2 Å². The lowest BCUT2D eigenvalue weighted by molar-refractivity contribution is -0.131. The van der Waals surface area contributed by atoms with Gasteiger partial charge in [-0.15, -0.1) is 0 Å². The topological polar surface area (TPSA) is 52.7 Å². The molecule has 1 fully saturated rings. The van der Waals surface area contributed by atoms with Crippen LogP contribution in [0.2, 0.25) is 0 Å². The van der Waals surface area contributed by atoms with Gasteiger partial charge < -0.3 is 15.1 Å². The molecule has 5 heteroatoms. The molecule has 0 spiro atoms. The molecule has 0 saturated carbocycles. The number of amides is 3.